The van der Waals surface area contributed by atoms with Crippen molar-refractivity contribution in [3.8, 4) is 16.9 Å². The van der Waals surface area contributed by atoms with Crippen LogP contribution in [0.4, 0.5) is 0 Å². The Balaban J connectivity index is 1.33. The summed E-state index contributed by atoms with van der Waals surface area (Å²) in [6, 6.07) is 24.0. The summed E-state index contributed by atoms with van der Waals surface area (Å²) >= 11 is 0. The molecule has 1 amide bonds. The minimum Gasteiger partial charge on any atom is -0.496 e. The first-order valence-corrected chi connectivity index (χ1v) is 13.1. The maximum Gasteiger partial charge on any atom is 0.303 e. The smallest absolute Gasteiger partial charge is 0.303 e. The van der Waals surface area contributed by atoms with Gasteiger partial charge in [-0.25, -0.2) is 0 Å². The van der Waals surface area contributed by atoms with E-state index in [1.54, 1.807) is 13.2 Å². The molecule has 0 saturated carbocycles. The Morgan fingerprint density at radius 2 is 1.73 bits per heavy atom. The van der Waals surface area contributed by atoms with Crippen LogP contribution in [0.5, 0.6) is 5.75 Å². The number of carboxylic acids is 1. The van der Waals surface area contributed by atoms with E-state index < -0.39 is 5.97 Å². The molecule has 4 rings (SSSR count). The van der Waals surface area contributed by atoms with E-state index in [9.17, 15) is 9.59 Å². The predicted octanol–water partition coefficient (Wildman–Crippen LogP) is 5.06. The molecule has 2 N–H and O–H groups in total. The Labute approximate surface area is 219 Å². The number of hydrogen-bond donors (Lipinski definition) is 2. The van der Waals surface area contributed by atoms with Crippen molar-refractivity contribution in [3.05, 3.63) is 89.5 Å². The number of amides is 1. The van der Waals surface area contributed by atoms with Gasteiger partial charge in [0, 0.05) is 19.5 Å². The minimum absolute atomic E-state index is 0.0595. The van der Waals surface area contributed by atoms with Crippen LogP contribution in [0.2, 0.25) is 0 Å². The predicted molar refractivity (Wildman–Crippen MR) is 146 cm³/mol. The second-order valence-corrected chi connectivity index (χ2v) is 9.70. The zero-order chi connectivity index (χ0) is 26.0. The molecule has 1 aliphatic rings. The van der Waals surface area contributed by atoms with Gasteiger partial charge in [0.15, 0.2) is 0 Å². The Morgan fingerprint density at radius 1 is 1.00 bits per heavy atom. The van der Waals surface area contributed by atoms with Crippen molar-refractivity contribution in [1.82, 2.24) is 10.2 Å². The number of hydrogen-bond acceptors (Lipinski definition) is 4. The molecule has 6 nitrogen and oxygen atoms in total. The molecule has 1 fully saturated rings. The number of carbonyl (C=O) groups excluding carboxylic acids is 1. The van der Waals surface area contributed by atoms with Crippen LogP contribution in [0.25, 0.3) is 11.1 Å². The minimum atomic E-state index is -0.829. The lowest BCUT2D eigenvalue weighted by atomic mass is 9.90. The molecule has 6 heteroatoms. The van der Waals surface area contributed by atoms with Crippen molar-refractivity contribution >= 4 is 11.9 Å². The van der Waals surface area contributed by atoms with Gasteiger partial charge >= 0.3 is 5.97 Å². The van der Waals surface area contributed by atoms with Crippen LogP contribution in [0.3, 0.4) is 0 Å². The highest BCUT2D eigenvalue weighted by molar-refractivity contribution is 5.98. The Morgan fingerprint density at radius 3 is 2.46 bits per heavy atom. The second-order valence-electron chi connectivity index (χ2n) is 9.70. The summed E-state index contributed by atoms with van der Waals surface area (Å²) in [6.45, 7) is 3.51. The number of ether oxygens (including phenoxy) is 1. The molecular weight excluding hydrogens is 464 g/mol. The number of rotatable bonds is 11. The largest absolute Gasteiger partial charge is 0.496 e. The number of likely N-dealkylation sites (tertiary alicyclic amines) is 1. The Hall–Kier alpha value is -3.64. The van der Waals surface area contributed by atoms with Gasteiger partial charge in [-0.15, -0.1) is 0 Å². The van der Waals surface area contributed by atoms with Gasteiger partial charge in [-0.1, -0.05) is 60.7 Å². The summed E-state index contributed by atoms with van der Waals surface area (Å²) in [5.74, 6) is 0.246. The van der Waals surface area contributed by atoms with E-state index in [2.05, 4.69) is 40.5 Å². The van der Waals surface area contributed by atoms with E-state index >= 15 is 0 Å². The summed E-state index contributed by atoms with van der Waals surface area (Å²) in [4.78, 5) is 26.6. The van der Waals surface area contributed by atoms with Gasteiger partial charge in [-0.05, 0) is 79.1 Å². The summed E-state index contributed by atoms with van der Waals surface area (Å²) in [5.41, 5.74) is 4.63. The summed E-state index contributed by atoms with van der Waals surface area (Å²) in [5, 5.41) is 12.2. The average Bonchev–Trinajstić information content (AvgIpc) is 2.93. The fourth-order valence-corrected chi connectivity index (χ4v) is 5.10. The molecule has 0 radical (unpaired) electrons. The van der Waals surface area contributed by atoms with E-state index in [0.29, 0.717) is 24.3 Å². The normalized spacial score (nSPS) is 14.3. The molecule has 1 aliphatic heterocycles. The lowest BCUT2D eigenvalue weighted by Gasteiger charge is -2.32. The summed E-state index contributed by atoms with van der Waals surface area (Å²) < 4.78 is 5.47. The van der Waals surface area contributed by atoms with Gasteiger partial charge < -0.3 is 20.1 Å². The molecule has 194 valence electrons. The third-order valence-corrected chi connectivity index (χ3v) is 7.17. The lowest BCUT2D eigenvalue weighted by molar-refractivity contribution is -0.136. The third kappa shape index (κ3) is 7.43. The van der Waals surface area contributed by atoms with Crippen LogP contribution in [-0.4, -0.2) is 55.2 Å². The average molecular weight is 501 g/mol. The van der Waals surface area contributed by atoms with Crippen LogP contribution in [0, 0.1) is 5.92 Å². The zero-order valence-corrected chi connectivity index (χ0v) is 21.5. The molecule has 0 atom stereocenters. The van der Waals surface area contributed by atoms with Gasteiger partial charge in [0.05, 0.1) is 12.7 Å². The van der Waals surface area contributed by atoms with E-state index in [1.807, 2.05) is 36.4 Å². The SMILES string of the molecule is COc1ccc(-c2ccccc2CCC(=O)O)cc1C(=O)NCCN1CCC(Cc2ccccc2)CC1. The number of benzene rings is 3. The van der Waals surface area contributed by atoms with Crippen molar-refractivity contribution in [3.63, 3.8) is 0 Å². The highest BCUT2D eigenvalue weighted by Gasteiger charge is 2.20. The highest BCUT2D eigenvalue weighted by Crippen LogP contribution is 2.30. The summed E-state index contributed by atoms with van der Waals surface area (Å²) in [6.07, 6.45) is 3.99. The van der Waals surface area contributed by atoms with Crippen LogP contribution in [0.15, 0.2) is 72.8 Å². The first-order chi connectivity index (χ1) is 18.0. The lowest BCUT2D eigenvalue weighted by Crippen LogP contribution is -2.40. The zero-order valence-electron chi connectivity index (χ0n) is 21.5. The molecule has 0 aromatic heterocycles. The van der Waals surface area contributed by atoms with E-state index in [0.717, 1.165) is 48.7 Å². The fraction of sp³-hybridized carbons (Fsp3) is 0.355. The molecule has 1 saturated heterocycles. The number of nitrogens with zero attached hydrogens (tertiary/aromatic N) is 1. The molecule has 3 aromatic rings. The third-order valence-electron chi connectivity index (χ3n) is 7.17. The first kappa shape index (κ1) is 26.4. The molecule has 0 bridgehead atoms. The van der Waals surface area contributed by atoms with Crippen LogP contribution < -0.4 is 10.1 Å². The fourth-order valence-electron chi connectivity index (χ4n) is 5.10. The maximum atomic E-state index is 13.1. The quantitative estimate of drug-likeness (QED) is 0.385. The molecular formula is C31H36N2O4. The Bertz CT molecular complexity index is 1190. The van der Waals surface area contributed by atoms with Crippen molar-refractivity contribution < 1.29 is 19.4 Å². The molecule has 3 aromatic carbocycles. The number of piperidine rings is 1. The maximum absolute atomic E-state index is 13.1. The van der Waals surface area contributed by atoms with E-state index in [-0.39, 0.29) is 12.3 Å². The number of aryl methyl sites for hydroxylation is 1. The first-order valence-electron chi connectivity index (χ1n) is 13.1. The highest BCUT2D eigenvalue weighted by atomic mass is 16.5. The Kier molecular flexibility index (Phi) is 9.33. The number of carboxylic acid groups (broad SMARTS) is 1. The van der Waals surface area contributed by atoms with Gasteiger partial charge in [-0.3, -0.25) is 9.59 Å². The number of carbonyl (C=O) groups is 2. The summed E-state index contributed by atoms with van der Waals surface area (Å²) in [7, 11) is 1.56. The molecule has 37 heavy (non-hydrogen) atoms. The molecule has 0 aliphatic carbocycles. The van der Waals surface area contributed by atoms with Crippen molar-refractivity contribution in [2.75, 3.05) is 33.3 Å². The van der Waals surface area contributed by atoms with Crippen LogP contribution >= 0.6 is 0 Å². The number of nitrogens with one attached hydrogen (secondary N) is 1. The van der Waals surface area contributed by atoms with E-state index in [4.69, 9.17) is 9.84 Å². The monoisotopic (exact) mass is 500 g/mol. The molecule has 1 heterocycles. The van der Waals surface area contributed by atoms with Gasteiger partial charge in [0.25, 0.3) is 5.91 Å². The van der Waals surface area contributed by atoms with Crippen molar-refractivity contribution in [2.24, 2.45) is 5.92 Å². The van der Waals surface area contributed by atoms with E-state index in [1.165, 1.54) is 18.4 Å². The number of methoxy groups -OCH3 is 1. The van der Waals surface area contributed by atoms with Crippen molar-refractivity contribution in [2.45, 2.75) is 32.1 Å². The van der Waals surface area contributed by atoms with Gasteiger partial charge in [0.2, 0.25) is 0 Å². The molecule has 0 unspecified atom stereocenters. The number of aliphatic carboxylic acids is 1. The second kappa shape index (κ2) is 13.1. The van der Waals surface area contributed by atoms with Gasteiger partial charge in [0.1, 0.15) is 5.75 Å². The topological polar surface area (TPSA) is 78.9 Å². The van der Waals surface area contributed by atoms with Crippen LogP contribution in [0.1, 0.15) is 40.7 Å². The standard InChI is InChI=1S/C31H36N2O4/c1-37-29-13-11-26(27-10-6-5-9-25(27)12-14-30(34)35)22-28(29)31(36)32-17-20-33-18-15-24(16-19-33)21-23-7-3-2-4-8-23/h2-11,13,22,24H,12,14-21H2,1H3,(H,32,36)(H,34,35). The molecule has 0 spiro atoms. The van der Waals surface area contributed by atoms with Crippen molar-refractivity contribution in [1.29, 1.82) is 0 Å². The van der Waals surface area contributed by atoms with Crippen LogP contribution in [-0.2, 0) is 17.6 Å². The van der Waals surface area contributed by atoms with Gasteiger partial charge in [-0.2, -0.15) is 0 Å².